The third-order valence-corrected chi connectivity index (χ3v) is 3.63. The van der Waals surface area contributed by atoms with Crippen molar-refractivity contribution in [3.63, 3.8) is 0 Å². The molecule has 0 aromatic carbocycles. The number of hydrogen-bond acceptors (Lipinski definition) is 7. The second-order valence-electron chi connectivity index (χ2n) is 5.57. The van der Waals surface area contributed by atoms with Crippen molar-refractivity contribution in [1.82, 2.24) is 19.6 Å². The van der Waals surface area contributed by atoms with E-state index in [1.807, 2.05) is 32.2 Å². The zero-order valence-electron chi connectivity index (χ0n) is 14.1. The summed E-state index contributed by atoms with van der Waals surface area (Å²) in [4.78, 5) is 8.73. The lowest BCUT2D eigenvalue weighted by Crippen LogP contribution is -2.15. The number of aromatic nitrogens is 4. The molecule has 0 saturated carbocycles. The standard InChI is InChI=1S/C16H21BN6O2/c17-13-11-21-23-15(20-10-12-2-1-3-18-9-12)8-14(22-16(13)23)19-4-6-25-7-5-24/h1-3,8-9,11,20,24H,4-7,10,17H2,(H,19,22). The topological polar surface area (TPSA) is 96.6 Å². The van der Waals surface area contributed by atoms with E-state index in [1.54, 1.807) is 16.9 Å². The second-order valence-corrected chi connectivity index (χ2v) is 5.57. The molecule has 0 saturated heterocycles. The van der Waals surface area contributed by atoms with Crippen molar-refractivity contribution in [3.05, 3.63) is 42.4 Å². The molecule has 0 unspecified atom stereocenters. The van der Waals surface area contributed by atoms with Crippen LogP contribution in [0.3, 0.4) is 0 Å². The van der Waals surface area contributed by atoms with E-state index in [9.17, 15) is 0 Å². The van der Waals surface area contributed by atoms with Crippen molar-refractivity contribution >= 4 is 30.6 Å². The highest BCUT2D eigenvalue weighted by Gasteiger charge is 2.09. The first-order valence-electron chi connectivity index (χ1n) is 8.18. The third kappa shape index (κ3) is 4.46. The Balaban J connectivity index is 1.73. The van der Waals surface area contributed by atoms with Gasteiger partial charge in [-0.1, -0.05) is 6.07 Å². The number of pyridine rings is 1. The van der Waals surface area contributed by atoms with E-state index in [1.165, 1.54) is 0 Å². The summed E-state index contributed by atoms with van der Waals surface area (Å²) in [6.45, 7) is 2.13. The maximum absolute atomic E-state index is 8.72. The van der Waals surface area contributed by atoms with E-state index in [2.05, 4.69) is 25.7 Å². The molecule has 0 fully saturated rings. The number of aliphatic hydroxyl groups excluding tert-OH is 1. The summed E-state index contributed by atoms with van der Waals surface area (Å²) in [6.07, 6.45) is 5.38. The molecule has 25 heavy (non-hydrogen) atoms. The van der Waals surface area contributed by atoms with Crippen LogP contribution in [0, 0.1) is 0 Å². The van der Waals surface area contributed by atoms with Gasteiger partial charge in [-0.15, -0.1) is 0 Å². The van der Waals surface area contributed by atoms with Crippen LogP contribution in [0.25, 0.3) is 5.65 Å². The molecule has 0 aliphatic carbocycles. The number of fused-ring (bicyclic) bond motifs is 1. The van der Waals surface area contributed by atoms with Gasteiger partial charge in [-0.3, -0.25) is 4.98 Å². The van der Waals surface area contributed by atoms with Crippen LogP contribution in [0.2, 0.25) is 0 Å². The molecule has 9 heteroatoms. The Hall–Kier alpha value is -2.65. The van der Waals surface area contributed by atoms with E-state index in [4.69, 9.17) is 9.84 Å². The summed E-state index contributed by atoms with van der Waals surface area (Å²) < 4.78 is 7.05. The molecule has 3 N–H and O–H groups in total. The van der Waals surface area contributed by atoms with Gasteiger partial charge < -0.3 is 20.5 Å². The van der Waals surface area contributed by atoms with Gasteiger partial charge in [0.05, 0.1) is 19.8 Å². The second kappa shape index (κ2) is 8.45. The molecular weight excluding hydrogens is 319 g/mol. The molecule has 0 aliphatic rings. The average molecular weight is 340 g/mol. The molecule has 130 valence electrons. The summed E-state index contributed by atoms with van der Waals surface area (Å²) in [7, 11) is 1.98. The summed E-state index contributed by atoms with van der Waals surface area (Å²) in [5, 5.41) is 19.7. The van der Waals surface area contributed by atoms with Gasteiger partial charge in [-0.25, -0.2) is 4.98 Å². The average Bonchev–Trinajstić information content (AvgIpc) is 3.02. The molecule has 0 radical (unpaired) electrons. The fourth-order valence-electron chi connectivity index (χ4n) is 2.40. The Morgan fingerprint density at radius 3 is 2.96 bits per heavy atom. The molecule has 0 spiro atoms. The molecule has 0 amide bonds. The summed E-state index contributed by atoms with van der Waals surface area (Å²) >= 11 is 0. The third-order valence-electron chi connectivity index (χ3n) is 3.63. The molecule has 3 aromatic heterocycles. The van der Waals surface area contributed by atoms with Gasteiger partial charge in [0.15, 0.2) is 5.65 Å². The van der Waals surface area contributed by atoms with E-state index >= 15 is 0 Å². The zero-order valence-corrected chi connectivity index (χ0v) is 14.1. The van der Waals surface area contributed by atoms with Gasteiger partial charge in [-0.05, 0) is 17.1 Å². The molecule has 0 bridgehead atoms. The van der Waals surface area contributed by atoms with Crippen LogP contribution in [0.5, 0.6) is 0 Å². The van der Waals surface area contributed by atoms with Gasteiger partial charge in [-0.2, -0.15) is 9.61 Å². The van der Waals surface area contributed by atoms with Crippen molar-refractivity contribution in [2.75, 3.05) is 37.0 Å². The molecule has 3 aromatic rings. The highest BCUT2D eigenvalue weighted by atomic mass is 16.5. The van der Waals surface area contributed by atoms with Crippen LogP contribution in [0.15, 0.2) is 36.8 Å². The highest BCUT2D eigenvalue weighted by Crippen LogP contribution is 2.15. The van der Waals surface area contributed by atoms with Crippen LogP contribution in [0.1, 0.15) is 5.56 Å². The minimum Gasteiger partial charge on any atom is -0.394 e. The monoisotopic (exact) mass is 340 g/mol. The number of anilines is 2. The Bertz CT molecular complexity index is 811. The van der Waals surface area contributed by atoms with Gasteiger partial charge in [0.1, 0.15) is 19.5 Å². The minimum atomic E-state index is 0.0294. The molecule has 0 aliphatic heterocycles. The van der Waals surface area contributed by atoms with Crippen molar-refractivity contribution in [3.8, 4) is 0 Å². The molecular formula is C16H21BN6O2. The Kier molecular flexibility index (Phi) is 5.81. The quantitative estimate of drug-likeness (QED) is 0.354. The van der Waals surface area contributed by atoms with Gasteiger partial charge in [0.2, 0.25) is 0 Å². The van der Waals surface area contributed by atoms with Gasteiger partial charge >= 0.3 is 0 Å². The largest absolute Gasteiger partial charge is 0.394 e. The lowest BCUT2D eigenvalue weighted by molar-refractivity contribution is 0.0992. The Morgan fingerprint density at radius 1 is 1.24 bits per heavy atom. The zero-order chi connectivity index (χ0) is 17.5. The first-order valence-corrected chi connectivity index (χ1v) is 8.18. The number of hydrogen-bond donors (Lipinski definition) is 3. The number of aliphatic hydroxyl groups is 1. The molecule has 8 nitrogen and oxygen atoms in total. The number of ether oxygens (including phenoxy) is 1. The van der Waals surface area contributed by atoms with Crippen molar-refractivity contribution in [1.29, 1.82) is 0 Å². The SMILES string of the molecule is Bc1cnn2c(NCc3cccnc3)cc(NCCOCCO)nc12. The Labute approximate surface area is 146 Å². The van der Waals surface area contributed by atoms with Crippen molar-refractivity contribution < 1.29 is 9.84 Å². The predicted octanol–water partition coefficient (Wildman–Crippen LogP) is -0.584. The van der Waals surface area contributed by atoms with Crippen LogP contribution in [0.4, 0.5) is 11.6 Å². The van der Waals surface area contributed by atoms with Gasteiger partial charge in [0.25, 0.3) is 0 Å². The number of rotatable bonds is 9. The fourth-order valence-corrected chi connectivity index (χ4v) is 2.40. The maximum atomic E-state index is 8.72. The fraction of sp³-hybridized carbons (Fsp3) is 0.312. The van der Waals surface area contributed by atoms with Gasteiger partial charge in [0, 0.05) is 37.7 Å². The number of nitrogens with one attached hydrogen (secondary N) is 2. The van der Waals surface area contributed by atoms with Crippen molar-refractivity contribution in [2.24, 2.45) is 0 Å². The maximum Gasteiger partial charge on any atom is 0.153 e. The van der Waals surface area contributed by atoms with E-state index in [0.29, 0.717) is 26.3 Å². The van der Waals surface area contributed by atoms with Crippen molar-refractivity contribution in [2.45, 2.75) is 6.54 Å². The van der Waals surface area contributed by atoms with E-state index in [-0.39, 0.29) is 6.61 Å². The van der Waals surface area contributed by atoms with Crippen LogP contribution < -0.4 is 16.1 Å². The van der Waals surface area contributed by atoms with E-state index in [0.717, 1.165) is 28.3 Å². The number of nitrogens with zero attached hydrogens (tertiary/aromatic N) is 4. The predicted molar refractivity (Wildman–Crippen MR) is 99.1 cm³/mol. The summed E-state index contributed by atoms with van der Waals surface area (Å²) in [5.41, 5.74) is 2.89. The van der Waals surface area contributed by atoms with E-state index < -0.39 is 0 Å². The molecule has 0 atom stereocenters. The lowest BCUT2D eigenvalue weighted by atomic mass is 10.0. The lowest BCUT2D eigenvalue weighted by Gasteiger charge is -2.12. The highest BCUT2D eigenvalue weighted by molar-refractivity contribution is 6.36. The Morgan fingerprint density at radius 2 is 2.16 bits per heavy atom. The van der Waals surface area contributed by atoms with Crippen LogP contribution in [-0.2, 0) is 11.3 Å². The minimum absolute atomic E-state index is 0.0294. The van der Waals surface area contributed by atoms with Crippen LogP contribution >= 0.6 is 0 Å². The first-order chi connectivity index (χ1) is 12.3. The normalized spacial score (nSPS) is 10.9. The summed E-state index contributed by atoms with van der Waals surface area (Å²) in [5.74, 6) is 1.60. The first kappa shape index (κ1) is 17.2. The molecule has 3 rings (SSSR count). The smallest absolute Gasteiger partial charge is 0.153 e. The molecule has 3 heterocycles. The van der Waals surface area contributed by atoms with Crippen LogP contribution in [-0.4, -0.2) is 58.9 Å². The summed E-state index contributed by atoms with van der Waals surface area (Å²) in [6, 6.07) is 5.85.